The predicted octanol–water partition coefficient (Wildman–Crippen LogP) is -0.243. The van der Waals surface area contributed by atoms with Crippen LogP contribution in [0, 0.1) is 0 Å². The third kappa shape index (κ3) is 15.8. The Bertz CT molecular complexity index is 8.00. The third-order valence-electron chi connectivity index (χ3n) is 0. The summed E-state index contributed by atoms with van der Waals surface area (Å²) in [6.07, 6.45) is 0. The summed E-state index contributed by atoms with van der Waals surface area (Å²) in [5.41, 5.74) is 0. The zero-order valence-corrected chi connectivity index (χ0v) is 4.12. The SMILES string of the molecule is [O]=[Fe].[O]=[V]. The van der Waals surface area contributed by atoms with Crippen LogP contribution >= 0.6 is 0 Å². The first-order chi connectivity index (χ1) is 2.00. The molecule has 0 rings (SSSR count). The molecule has 0 aliphatic heterocycles. The van der Waals surface area contributed by atoms with Crippen molar-refractivity contribution in [2.24, 2.45) is 0 Å². The zero-order chi connectivity index (χ0) is 4.00. The molecule has 0 aromatic carbocycles. The van der Waals surface area contributed by atoms with Gasteiger partial charge in [-0.2, -0.15) is 0 Å². The van der Waals surface area contributed by atoms with Crippen molar-refractivity contribution in [3.05, 3.63) is 0 Å². The van der Waals surface area contributed by atoms with Gasteiger partial charge in [0.05, 0.1) is 0 Å². The Hall–Kier alpha value is 0.704. The molecule has 2 nitrogen and oxygen atoms in total. The Kier molecular flexibility index (Phi) is 121. The maximum absolute atomic E-state index is 8.19. The van der Waals surface area contributed by atoms with Crippen LogP contribution in [-0.4, -0.2) is 0 Å². The molecule has 4 heavy (non-hydrogen) atoms. The first kappa shape index (κ1) is 8.83. The second-order valence-corrected chi connectivity index (χ2v) is 0. The van der Waals surface area contributed by atoms with Crippen molar-refractivity contribution >= 4 is 0 Å². The Balaban J connectivity index is 0. The average molecular weight is 139 g/mol. The molecule has 0 bridgehead atoms. The normalized spacial score (nSPS) is 2.00. The molecule has 0 radical (unpaired) electrons. The summed E-state index contributed by atoms with van der Waals surface area (Å²) < 4.78 is 16.2. The van der Waals surface area contributed by atoms with Gasteiger partial charge in [0, 0.05) is 0 Å². The average Bonchev–Trinajstić information content (AvgIpc) is 1.50. The molecule has 0 aromatic rings. The fourth-order valence-corrected chi connectivity index (χ4v) is 0. The van der Waals surface area contributed by atoms with Crippen LogP contribution in [0.1, 0.15) is 0 Å². The summed E-state index contributed by atoms with van der Waals surface area (Å²) in [4.78, 5) is 0. The molecule has 0 N–H and O–H groups in total. The Morgan fingerprint density at radius 1 is 1.25 bits per heavy atom. The van der Waals surface area contributed by atoms with Gasteiger partial charge < -0.3 is 0 Å². The van der Waals surface area contributed by atoms with Gasteiger partial charge >= 0.3 is 40.8 Å². The van der Waals surface area contributed by atoms with Crippen LogP contribution in [0.25, 0.3) is 0 Å². The molecule has 0 spiro atoms. The molecule has 0 aromatic heterocycles. The summed E-state index contributed by atoms with van der Waals surface area (Å²) in [6.45, 7) is 0. The van der Waals surface area contributed by atoms with Gasteiger partial charge in [-0.3, -0.25) is 0 Å². The first-order valence-electron chi connectivity index (χ1n) is 0.327. The van der Waals surface area contributed by atoms with Gasteiger partial charge in [-0.1, -0.05) is 0 Å². The van der Waals surface area contributed by atoms with Crippen LogP contribution in [0.2, 0.25) is 0 Å². The van der Waals surface area contributed by atoms with Crippen LogP contribution in [-0.2, 0) is 40.8 Å². The fraction of sp³-hybridized carbons (Fsp3) is 0. The van der Waals surface area contributed by atoms with E-state index in [2.05, 4.69) is 0 Å². The van der Waals surface area contributed by atoms with E-state index in [1.807, 2.05) is 15.9 Å². The minimum absolute atomic E-state index is 1.06. The summed E-state index contributed by atoms with van der Waals surface area (Å²) in [6, 6.07) is 0. The van der Waals surface area contributed by atoms with E-state index in [1.165, 1.54) is 0 Å². The number of hydrogen-bond donors (Lipinski definition) is 0. The van der Waals surface area contributed by atoms with Crippen molar-refractivity contribution in [1.29, 1.82) is 0 Å². The van der Waals surface area contributed by atoms with Crippen molar-refractivity contribution in [2.75, 3.05) is 0 Å². The molecule has 0 heterocycles. The van der Waals surface area contributed by atoms with Gasteiger partial charge in [0.25, 0.3) is 0 Å². The van der Waals surface area contributed by atoms with E-state index in [9.17, 15) is 0 Å². The third-order valence-corrected chi connectivity index (χ3v) is 0. The summed E-state index contributed by atoms with van der Waals surface area (Å²) >= 11 is 3.06. The molecule has 0 aliphatic carbocycles. The van der Waals surface area contributed by atoms with Crippen LogP contribution in [0.15, 0.2) is 0 Å². The second-order valence-electron chi connectivity index (χ2n) is 0. The quantitative estimate of drug-likeness (QED) is 0.433. The molecule has 0 amide bonds. The van der Waals surface area contributed by atoms with E-state index in [1.54, 1.807) is 0 Å². The van der Waals surface area contributed by atoms with Crippen LogP contribution < -0.4 is 0 Å². The van der Waals surface area contributed by atoms with E-state index < -0.39 is 0 Å². The van der Waals surface area contributed by atoms with Gasteiger partial charge in [0.1, 0.15) is 0 Å². The van der Waals surface area contributed by atoms with Gasteiger partial charge in [-0.05, 0) is 0 Å². The van der Waals surface area contributed by atoms with Gasteiger partial charge in [0.2, 0.25) is 0 Å². The monoisotopic (exact) mass is 139 g/mol. The second kappa shape index (κ2) is 54.7. The molecule has 4 heteroatoms. The summed E-state index contributed by atoms with van der Waals surface area (Å²) in [5, 5.41) is 0. The van der Waals surface area contributed by atoms with Crippen molar-refractivity contribution in [3.63, 3.8) is 0 Å². The summed E-state index contributed by atoms with van der Waals surface area (Å²) in [5.74, 6) is 0. The van der Waals surface area contributed by atoms with E-state index in [0.717, 1.165) is 17.4 Å². The molecule has 0 aliphatic rings. The van der Waals surface area contributed by atoms with E-state index in [-0.39, 0.29) is 0 Å². The topological polar surface area (TPSA) is 34.1 Å². The van der Waals surface area contributed by atoms with Crippen LogP contribution in [0.4, 0.5) is 0 Å². The zero-order valence-electron chi connectivity index (χ0n) is 1.62. The molecule has 0 unspecified atom stereocenters. The molecule has 25 valence electrons. The van der Waals surface area contributed by atoms with E-state index in [4.69, 9.17) is 7.51 Å². The van der Waals surface area contributed by atoms with Crippen molar-refractivity contribution in [2.45, 2.75) is 0 Å². The Labute approximate surface area is 41.2 Å². The van der Waals surface area contributed by atoms with Crippen molar-refractivity contribution in [3.8, 4) is 0 Å². The Morgan fingerprint density at radius 2 is 1.25 bits per heavy atom. The molecular weight excluding hydrogens is 139 g/mol. The van der Waals surface area contributed by atoms with Crippen LogP contribution in [0.5, 0.6) is 0 Å². The fourth-order valence-electron chi connectivity index (χ4n) is 0. The summed E-state index contributed by atoms with van der Waals surface area (Å²) in [7, 11) is 0. The molecule has 0 fully saturated rings. The standard InChI is InChI=1S/Fe.2O.V. The van der Waals surface area contributed by atoms with Crippen LogP contribution in [0.3, 0.4) is 0 Å². The maximum atomic E-state index is 8.19. The minimum atomic E-state index is 1.06. The van der Waals surface area contributed by atoms with Gasteiger partial charge in [0.15, 0.2) is 0 Å². The Morgan fingerprint density at radius 3 is 1.25 bits per heavy atom. The molecule has 0 saturated heterocycles. The van der Waals surface area contributed by atoms with Gasteiger partial charge in [-0.15, -0.1) is 0 Å². The van der Waals surface area contributed by atoms with E-state index >= 15 is 0 Å². The van der Waals surface area contributed by atoms with Crippen molar-refractivity contribution in [1.82, 2.24) is 0 Å². The van der Waals surface area contributed by atoms with Crippen molar-refractivity contribution < 1.29 is 40.8 Å². The first-order valence-corrected chi connectivity index (χ1v) is 1.35. The number of rotatable bonds is 0. The number of hydrogen-bond acceptors (Lipinski definition) is 2. The van der Waals surface area contributed by atoms with Gasteiger partial charge in [-0.25, -0.2) is 0 Å². The molecular formula is FeO2V. The van der Waals surface area contributed by atoms with E-state index in [0.29, 0.717) is 0 Å². The molecule has 0 saturated carbocycles. The predicted molar refractivity (Wildman–Crippen MR) is 1.37 cm³/mol. The molecule has 0 atom stereocenters.